The monoisotopic (exact) mass is 362 g/mol. The molecule has 0 amide bonds. The molecule has 1 heterocycles. The highest BCUT2D eigenvalue weighted by atomic mass is 35.5. The van der Waals surface area contributed by atoms with Crippen LogP contribution in [0.4, 0.5) is 0 Å². The molecule has 0 spiro atoms. The topological polar surface area (TPSA) is 15.3 Å². The SMILES string of the molecule is C=C(c1sc2ccccc2c1Cl)N(CCCCNCC)CC1CC1. The van der Waals surface area contributed by atoms with Crippen molar-refractivity contribution in [1.29, 1.82) is 0 Å². The van der Waals surface area contributed by atoms with Crippen molar-refractivity contribution in [1.82, 2.24) is 10.2 Å². The Hall–Kier alpha value is -1.03. The van der Waals surface area contributed by atoms with Crippen LogP contribution >= 0.6 is 22.9 Å². The zero-order valence-electron chi connectivity index (χ0n) is 14.5. The Balaban J connectivity index is 1.70. The Kier molecular flexibility index (Phi) is 6.20. The number of benzene rings is 1. The largest absolute Gasteiger partial charge is 0.371 e. The summed E-state index contributed by atoms with van der Waals surface area (Å²) in [5.41, 5.74) is 1.11. The van der Waals surface area contributed by atoms with Crippen molar-refractivity contribution in [2.45, 2.75) is 32.6 Å². The number of rotatable bonds is 10. The molecule has 1 N–H and O–H groups in total. The van der Waals surface area contributed by atoms with Gasteiger partial charge in [0, 0.05) is 28.9 Å². The first-order valence-electron chi connectivity index (χ1n) is 9.02. The first-order valence-corrected chi connectivity index (χ1v) is 10.2. The van der Waals surface area contributed by atoms with Gasteiger partial charge in [-0.05, 0) is 50.8 Å². The zero-order valence-corrected chi connectivity index (χ0v) is 16.1. The molecule has 0 radical (unpaired) electrons. The van der Waals surface area contributed by atoms with Gasteiger partial charge >= 0.3 is 0 Å². The fourth-order valence-electron chi connectivity index (χ4n) is 3.02. The van der Waals surface area contributed by atoms with E-state index in [1.807, 2.05) is 0 Å². The maximum absolute atomic E-state index is 6.66. The first kappa shape index (κ1) is 17.8. The van der Waals surface area contributed by atoms with Crippen LogP contribution in [0.3, 0.4) is 0 Å². The molecule has 1 fully saturated rings. The summed E-state index contributed by atoms with van der Waals surface area (Å²) >= 11 is 8.43. The lowest BCUT2D eigenvalue weighted by Gasteiger charge is -2.26. The standard InChI is InChI=1S/C20H27ClN2S/c1-3-22-12-6-7-13-23(14-16-10-11-16)15(2)20-19(21)17-8-4-5-9-18(17)24-20/h4-5,8-9,16,22H,2-3,6-7,10-14H2,1H3. The third-order valence-corrected chi connectivity index (χ3v) is 6.36. The number of halogens is 1. The van der Waals surface area contributed by atoms with E-state index in [1.165, 1.54) is 30.4 Å². The van der Waals surface area contributed by atoms with Crippen LogP contribution in [-0.4, -0.2) is 31.1 Å². The van der Waals surface area contributed by atoms with Gasteiger partial charge < -0.3 is 10.2 Å². The van der Waals surface area contributed by atoms with Crippen LogP contribution < -0.4 is 5.32 Å². The van der Waals surface area contributed by atoms with E-state index in [4.69, 9.17) is 11.6 Å². The van der Waals surface area contributed by atoms with Gasteiger partial charge in [-0.2, -0.15) is 0 Å². The molecule has 130 valence electrons. The van der Waals surface area contributed by atoms with E-state index < -0.39 is 0 Å². The van der Waals surface area contributed by atoms with Gasteiger partial charge in [0.2, 0.25) is 0 Å². The number of nitrogens with zero attached hydrogens (tertiary/aromatic N) is 1. The molecule has 0 saturated heterocycles. The van der Waals surface area contributed by atoms with Gasteiger partial charge in [-0.1, -0.05) is 43.3 Å². The molecule has 0 atom stereocenters. The van der Waals surface area contributed by atoms with E-state index in [1.54, 1.807) is 11.3 Å². The van der Waals surface area contributed by atoms with Crippen molar-refractivity contribution in [3.63, 3.8) is 0 Å². The second-order valence-electron chi connectivity index (χ2n) is 6.64. The number of hydrogen-bond donors (Lipinski definition) is 1. The highest BCUT2D eigenvalue weighted by Crippen LogP contribution is 2.41. The van der Waals surface area contributed by atoms with E-state index >= 15 is 0 Å². The van der Waals surface area contributed by atoms with Crippen molar-refractivity contribution in [3.05, 3.63) is 40.7 Å². The first-order chi connectivity index (χ1) is 11.7. The van der Waals surface area contributed by atoms with E-state index in [9.17, 15) is 0 Å². The summed E-state index contributed by atoms with van der Waals surface area (Å²) in [5.74, 6) is 0.851. The second-order valence-corrected chi connectivity index (χ2v) is 8.07. The van der Waals surface area contributed by atoms with Crippen molar-refractivity contribution in [2.75, 3.05) is 26.2 Å². The van der Waals surface area contributed by atoms with Gasteiger partial charge in [0.1, 0.15) is 0 Å². The molecule has 24 heavy (non-hydrogen) atoms. The number of thiophene rings is 1. The van der Waals surface area contributed by atoms with Crippen LogP contribution in [0.25, 0.3) is 15.8 Å². The van der Waals surface area contributed by atoms with Crippen LogP contribution in [0.15, 0.2) is 30.8 Å². The second kappa shape index (κ2) is 8.37. The van der Waals surface area contributed by atoms with Crippen molar-refractivity contribution >= 4 is 38.7 Å². The lowest BCUT2D eigenvalue weighted by molar-refractivity contribution is 0.369. The van der Waals surface area contributed by atoms with Crippen LogP contribution in [0.1, 0.15) is 37.5 Å². The Morgan fingerprint density at radius 2 is 2.12 bits per heavy atom. The Bertz CT molecular complexity index is 690. The maximum atomic E-state index is 6.66. The summed E-state index contributed by atoms with van der Waals surface area (Å²) in [6.45, 7) is 10.9. The van der Waals surface area contributed by atoms with E-state index in [0.717, 1.165) is 53.1 Å². The molecule has 0 bridgehead atoms. The molecule has 0 aliphatic heterocycles. The van der Waals surface area contributed by atoms with E-state index in [0.29, 0.717) is 0 Å². The molecular weight excluding hydrogens is 336 g/mol. The predicted octanol–water partition coefficient (Wildman–Crippen LogP) is 5.63. The molecule has 2 aromatic rings. The summed E-state index contributed by atoms with van der Waals surface area (Å²) in [6, 6.07) is 8.37. The molecule has 4 heteroatoms. The van der Waals surface area contributed by atoms with Gasteiger partial charge in [0.25, 0.3) is 0 Å². The highest BCUT2D eigenvalue weighted by molar-refractivity contribution is 7.20. The molecule has 1 aromatic carbocycles. The van der Waals surface area contributed by atoms with Crippen molar-refractivity contribution in [2.24, 2.45) is 5.92 Å². The number of fused-ring (bicyclic) bond motifs is 1. The predicted molar refractivity (Wildman–Crippen MR) is 108 cm³/mol. The molecule has 0 unspecified atom stereocenters. The molecule has 1 aliphatic rings. The molecule has 1 aliphatic carbocycles. The summed E-state index contributed by atoms with van der Waals surface area (Å²) < 4.78 is 1.25. The summed E-state index contributed by atoms with van der Waals surface area (Å²) in [5, 5.41) is 5.42. The van der Waals surface area contributed by atoms with Crippen LogP contribution in [0.2, 0.25) is 5.02 Å². The fraction of sp³-hybridized carbons (Fsp3) is 0.500. The summed E-state index contributed by atoms with van der Waals surface area (Å²) in [6.07, 6.45) is 5.13. The number of nitrogens with one attached hydrogen (secondary N) is 1. The third kappa shape index (κ3) is 4.33. The molecule has 2 nitrogen and oxygen atoms in total. The minimum Gasteiger partial charge on any atom is -0.371 e. The molecule has 1 aromatic heterocycles. The molecule has 3 rings (SSSR count). The minimum atomic E-state index is 0.851. The van der Waals surface area contributed by atoms with Gasteiger partial charge in [-0.15, -0.1) is 11.3 Å². The minimum absolute atomic E-state index is 0.851. The smallest absolute Gasteiger partial charge is 0.0696 e. The van der Waals surface area contributed by atoms with Crippen LogP contribution in [-0.2, 0) is 0 Å². The van der Waals surface area contributed by atoms with Crippen molar-refractivity contribution < 1.29 is 0 Å². The summed E-state index contributed by atoms with van der Waals surface area (Å²) in [7, 11) is 0. The van der Waals surface area contributed by atoms with Crippen LogP contribution in [0, 0.1) is 5.92 Å². The Morgan fingerprint density at radius 3 is 2.83 bits per heavy atom. The Labute approximate surface area is 154 Å². The summed E-state index contributed by atoms with van der Waals surface area (Å²) in [4.78, 5) is 3.62. The highest BCUT2D eigenvalue weighted by Gasteiger charge is 2.26. The quantitative estimate of drug-likeness (QED) is 0.551. The zero-order chi connectivity index (χ0) is 16.9. The normalized spacial score (nSPS) is 14.2. The number of unbranched alkanes of at least 4 members (excludes halogenated alkanes) is 1. The van der Waals surface area contributed by atoms with Gasteiger partial charge in [-0.25, -0.2) is 0 Å². The third-order valence-electron chi connectivity index (χ3n) is 4.64. The lowest BCUT2D eigenvalue weighted by Crippen LogP contribution is -2.26. The van der Waals surface area contributed by atoms with Gasteiger partial charge in [0.15, 0.2) is 0 Å². The average molecular weight is 363 g/mol. The van der Waals surface area contributed by atoms with E-state index in [-0.39, 0.29) is 0 Å². The lowest BCUT2D eigenvalue weighted by atomic mass is 10.2. The maximum Gasteiger partial charge on any atom is 0.0696 e. The van der Waals surface area contributed by atoms with Gasteiger partial charge in [0.05, 0.1) is 9.90 Å². The fourth-order valence-corrected chi connectivity index (χ4v) is 4.56. The van der Waals surface area contributed by atoms with Gasteiger partial charge in [-0.3, -0.25) is 0 Å². The average Bonchev–Trinajstić information content (AvgIpc) is 3.35. The number of hydrogen-bond acceptors (Lipinski definition) is 3. The van der Waals surface area contributed by atoms with Crippen molar-refractivity contribution in [3.8, 4) is 0 Å². The molecule has 1 saturated carbocycles. The van der Waals surface area contributed by atoms with Crippen LogP contribution in [0.5, 0.6) is 0 Å². The van der Waals surface area contributed by atoms with E-state index in [2.05, 4.69) is 48.0 Å². The molecular formula is C20H27ClN2S. The Morgan fingerprint density at radius 1 is 1.33 bits per heavy atom.